The van der Waals surface area contributed by atoms with Gasteiger partial charge in [0.1, 0.15) is 0 Å². The highest BCUT2D eigenvalue weighted by Gasteiger charge is 2.07. The molecule has 90 valence electrons. The van der Waals surface area contributed by atoms with Crippen LogP contribution in [0.3, 0.4) is 0 Å². The first kappa shape index (κ1) is 13.0. The van der Waals surface area contributed by atoms with Crippen molar-refractivity contribution in [1.82, 2.24) is 9.55 Å². The first-order chi connectivity index (χ1) is 7.58. The number of aliphatic hydroxyl groups is 1. The molecule has 2 N–H and O–H groups in total. The summed E-state index contributed by atoms with van der Waals surface area (Å²) >= 11 is 4.86. The second-order valence-electron chi connectivity index (χ2n) is 3.26. The third-order valence-electron chi connectivity index (χ3n) is 2.20. The van der Waals surface area contributed by atoms with E-state index in [1.54, 1.807) is 0 Å². The second-order valence-corrected chi connectivity index (χ2v) is 3.65. The van der Waals surface area contributed by atoms with Crippen LogP contribution in [-0.2, 0) is 11.3 Å². The molecule has 0 saturated carbocycles. The van der Waals surface area contributed by atoms with Crippen LogP contribution in [0, 0.1) is 10.6 Å². The van der Waals surface area contributed by atoms with Gasteiger partial charge in [0.2, 0.25) is 5.82 Å². The monoisotopic (exact) mass is 248 g/mol. The predicted molar refractivity (Wildman–Crippen MR) is 58.3 cm³/mol. The summed E-state index contributed by atoms with van der Waals surface area (Å²) < 4.78 is 19.5. The molecule has 0 saturated heterocycles. The molecule has 0 spiro atoms. The Labute approximate surface area is 96.5 Å². The Balaban J connectivity index is 2.78. The number of nitrogens with zero attached hydrogens (tertiary/aromatic N) is 1. The molecule has 1 heterocycles. The van der Waals surface area contributed by atoms with Crippen molar-refractivity contribution in [3.63, 3.8) is 0 Å². The maximum Gasteiger partial charge on any atom is 0.287 e. The van der Waals surface area contributed by atoms with E-state index in [1.807, 2.05) is 0 Å². The predicted octanol–water partition coefficient (Wildman–Crippen LogP) is 0.442. The quantitative estimate of drug-likeness (QED) is 0.742. The summed E-state index contributed by atoms with van der Waals surface area (Å²) in [7, 11) is 1.48. The van der Waals surface area contributed by atoms with Gasteiger partial charge in [-0.1, -0.05) is 0 Å². The van der Waals surface area contributed by atoms with Crippen molar-refractivity contribution in [3.05, 3.63) is 27.1 Å². The van der Waals surface area contributed by atoms with E-state index < -0.39 is 11.4 Å². The van der Waals surface area contributed by atoms with Crippen molar-refractivity contribution >= 4 is 12.2 Å². The van der Waals surface area contributed by atoms with Gasteiger partial charge in [-0.2, -0.15) is 4.39 Å². The highest BCUT2D eigenvalue weighted by molar-refractivity contribution is 7.71. The zero-order valence-corrected chi connectivity index (χ0v) is 9.59. The van der Waals surface area contributed by atoms with Crippen molar-refractivity contribution in [2.45, 2.75) is 19.1 Å². The van der Waals surface area contributed by atoms with Crippen LogP contribution < -0.4 is 5.56 Å². The number of ether oxygens (including phenoxy) is 1. The third kappa shape index (κ3) is 3.22. The fourth-order valence-corrected chi connectivity index (χ4v) is 1.45. The van der Waals surface area contributed by atoms with Crippen LogP contribution in [0.1, 0.15) is 6.42 Å². The lowest BCUT2D eigenvalue weighted by atomic mass is 10.2. The molecule has 1 aromatic heterocycles. The van der Waals surface area contributed by atoms with Gasteiger partial charge in [-0.25, -0.2) is 0 Å². The van der Waals surface area contributed by atoms with Crippen LogP contribution in [0.4, 0.5) is 4.39 Å². The molecule has 1 unspecified atom stereocenters. The SMILES string of the molecule is COC(CO)CCn1cc(F)c(=O)[nH]c1=S. The van der Waals surface area contributed by atoms with E-state index in [0.29, 0.717) is 13.0 Å². The van der Waals surface area contributed by atoms with Crippen LogP contribution in [0.5, 0.6) is 0 Å². The normalized spacial score (nSPS) is 12.7. The molecular weight excluding hydrogens is 235 g/mol. The standard InChI is InChI=1S/C9H13FN2O3S/c1-15-6(5-13)2-3-12-4-7(10)8(14)11-9(12)16/h4,6,13H,2-3,5H2,1H3,(H,11,14,16). The summed E-state index contributed by atoms with van der Waals surface area (Å²) in [5.41, 5.74) is -0.827. The molecule has 0 radical (unpaired) electrons. The largest absolute Gasteiger partial charge is 0.394 e. The highest BCUT2D eigenvalue weighted by Crippen LogP contribution is 2.00. The Morgan fingerprint density at radius 1 is 1.75 bits per heavy atom. The van der Waals surface area contributed by atoms with E-state index in [0.717, 1.165) is 6.20 Å². The Hall–Kier alpha value is -1.05. The Bertz CT molecular complexity index is 453. The van der Waals surface area contributed by atoms with E-state index in [-0.39, 0.29) is 17.5 Å². The fourth-order valence-electron chi connectivity index (χ4n) is 1.22. The Kier molecular flexibility index (Phi) is 4.78. The van der Waals surface area contributed by atoms with E-state index in [4.69, 9.17) is 22.1 Å². The number of methoxy groups -OCH3 is 1. The number of halogens is 1. The van der Waals surface area contributed by atoms with Gasteiger partial charge in [0, 0.05) is 19.9 Å². The fraction of sp³-hybridized carbons (Fsp3) is 0.556. The molecule has 0 aliphatic carbocycles. The molecule has 0 aliphatic rings. The lowest BCUT2D eigenvalue weighted by Crippen LogP contribution is -2.21. The smallest absolute Gasteiger partial charge is 0.287 e. The van der Waals surface area contributed by atoms with Crippen LogP contribution >= 0.6 is 12.2 Å². The number of aliphatic hydroxyl groups excluding tert-OH is 1. The lowest BCUT2D eigenvalue weighted by Gasteiger charge is -2.13. The zero-order valence-electron chi connectivity index (χ0n) is 8.77. The Morgan fingerprint density at radius 2 is 2.44 bits per heavy atom. The number of nitrogens with one attached hydrogen (secondary N) is 1. The summed E-state index contributed by atoms with van der Waals surface area (Å²) in [6.45, 7) is 0.251. The van der Waals surface area contributed by atoms with Gasteiger partial charge in [0.25, 0.3) is 5.56 Å². The summed E-state index contributed by atoms with van der Waals surface area (Å²) in [6.07, 6.45) is 1.20. The summed E-state index contributed by atoms with van der Waals surface area (Å²) in [6, 6.07) is 0. The first-order valence-electron chi connectivity index (χ1n) is 4.71. The molecular formula is C9H13FN2O3S. The van der Waals surface area contributed by atoms with Crippen molar-refractivity contribution in [2.75, 3.05) is 13.7 Å². The molecule has 0 bridgehead atoms. The lowest BCUT2D eigenvalue weighted by molar-refractivity contribution is 0.0401. The van der Waals surface area contributed by atoms with Crippen molar-refractivity contribution in [3.8, 4) is 0 Å². The van der Waals surface area contributed by atoms with Gasteiger partial charge in [0.15, 0.2) is 4.77 Å². The molecule has 7 heteroatoms. The van der Waals surface area contributed by atoms with Crippen LogP contribution in [0.15, 0.2) is 11.0 Å². The minimum atomic E-state index is -0.883. The van der Waals surface area contributed by atoms with E-state index in [2.05, 4.69) is 4.98 Å². The maximum atomic E-state index is 13.0. The van der Waals surface area contributed by atoms with Gasteiger partial charge in [-0.3, -0.25) is 9.78 Å². The average molecular weight is 248 g/mol. The second kappa shape index (κ2) is 5.88. The van der Waals surface area contributed by atoms with Gasteiger partial charge in [0.05, 0.1) is 12.7 Å². The minimum absolute atomic E-state index is 0.115. The van der Waals surface area contributed by atoms with Gasteiger partial charge in [-0.05, 0) is 18.6 Å². The number of H-pyrrole nitrogens is 1. The molecule has 1 rings (SSSR count). The van der Waals surface area contributed by atoms with E-state index in [9.17, 15) is 9.18 Å². The van der Waals surface area contributed by atoms with E-state index >= 15 is 0 Å². The molecule has 5 nitrogen and oxygen atoms in total. The number of aryl methyl sites for hydroxylation is 1. The van der Waals surface area contributed by atoms with Crippen molar-refractivity contribution < 1.29 is 14.2 Å². The van der Waals surface area contributed by atoms with Crippen LogP contribution in [0.25, 0.3) is 0 Å². The van der Waals surface area contributed by atoms with Gasteiger partial charge < -0.3 is 14.4 Å². The summed E-state index contributed by atoms with van der Waals surface area (Å²) in [5.74, 6) is -0.883. The van der Waals surface area contributed by atoms with Crippen LogP contribution in [0.2, 0.25) is 0 Å². The summed E-state index contributed by atoms with van der Waals surface area (Å²) in [4.78, 5) is 13.1. The van der Waals surface area contributed by atoms with Gasteiger partial charge in [-0.15, -0.1) is 0 Å². The number of aromatic nitrogens is 2. The Morgan fingerprint density at radius 3 is 3.00 bits per heavy atom. The van der Waals surface area contributed by atoms with E-state index in [1.165, 1.54) is 11.7 Å². The topological polar surface area (TPSA) is 67.2 Å². The number of hydrogen-bond donors (Lipinski definition) is 2. The molecule has 1 atom stereocenters. The number of rotatable bonds is 5. The van der Waals surface area contributed by atoms with Crippen molar-refractivity contribution in [1.29, 1.82) is 0 Å². The molecule has 0 amide bonds. The average Bonchev–Trinajstić information content (AvgIpc) is 2.26. The van der Waals surface area contributed by atoms with Crippen LogP contribution in [-0.4, -0.2) is 34.5 Å². The molecule has 16 heavy (non-hydrogen) atoms. The summed E-state index contributed by atoms with van der Waals surface area (Å²) in [5, 5.41) is 8.88. The van der Waals surface area contributed by atoms with Gasteiger partial charge >= 0.3 is 0 Å². The zero-order chi connectivity index (χ0) is 12.1. The number of aromatic amines is 1. The highest BCUT2D eigenvalue weighted by atomic mass is 32.1. The van der Waals surface area contributed by atoms with Crippen molar-refractivity contribution in [2.24, 2.45) is 0 Å². The molecule has 1 aromatic rings. The maximum absolute atomic E-state index is 13.0. The number of hydrogen-bond acceptors (Lipinski definition) is 4. The third-order valence-corrected chi connectivity index (χ3v) is 2.53. The molecule has 0 aromatic carbocycles. The molecule has 0 fully saturated rings. The minimum Gasteiger partial charge on any atom is -0.394 e. The first-order valence-corrected chi connectivity index (χ1v) is 5.12. The molecule has 0 aliphatic heterocycles.